The predicted octanol–water partition coefficient (Wildman–Crippen LogP) is 3.82. The lowest BCUT2D eigenvalue weighted by molar-refractivity contribution is 0.0956. The molecule has 2 aromatic rings. The molecule has 0 radical (unpaired) electrons. The van der Waals surface area contributed by atoms with E-state index in [-0.39, 0.29) is 5.91 Å². The first-order chi connectivity index (χ1) is 10.8. The summed E-state index contributed by atoms with van der Waals surface area (Å²) in [6.07, 6.45) is 6.46. The van der Waals surface area contributed by atoms with Crippen molar-refractivity contribution in [2.24, 2.45) is 0 Å². The van der Waals surface area contributed by atoms with Crippen LogP contribution in [0.15, 0.2) is 41.0 Å². The van der Waals surface area contributed by atoms with Gasteiger partial charge in [0.25, 0.3) is 5.91 Å². The number of hydrogen-bond acceptors (Lipinski definition) is 3. The van der Waals surface area contributed by atoms with Crippen LogP contribution < -0.4 is 5.32 Å². The zero-order valence-corrected chi connectivity index (χ0v) is 13.5. The van der Waals surface area contributed by atoms with Crippen molar-refractivity contribution in [2.45, 2.75) is 31.4 Å². The minimum atomic E-state index is 0.0342. The highest BCUT2D eigenvalue weighted by atomic mass is 32.2. The number of aryl methyl sites for hydroxylation is 2. The van der Waals surface area contributed by atoms with Crippen LogP contribution in [0.1, 0.15) is 40.1 Å². The normalized spacial score (nSPS) is 13.6. The molecule has 0 aliphatic heterocycles. The number of carbonyl (C=O) groups excluding carboxylic acids is 1. The monoisotopic (exact) mass is 315 g/mol. The fourth-order valence-electron chi connectivity index (χ4n) is 2.78. The molecule has 0 fully saturated rings. The van der Waals surface area contributed by atoms with Gasteiger partial charge in [0.2, 0.25) is 0 Å². The van der Waals surface area contributed by atoms with E-state index in [0.29, 0.717) is 6.54 Å². The largest absolute Gasteiger partial charge is 0.468 e. The highest BCUT2D eigenvalue weighted by molar-refractivity contribution is 7.98. The van der Waals surface area contributed by atoms with Gasteiger partial charge in [-0.3, -0.25) is 4.79 Å². The van der Waals surface area contributed by atoms with Crippen LogP contribution in [0.3, 0.4) is 0 Å². The molecule has 1 aromatic carbocycles. The first-order valence-corrected chi connectivity index (χ1v) is 8.98. The van der Waals surface area contributed by atoms with Crippen LogP contribution >= 0.6 is 11.8 Å². The molecule has 1 aliphatic rings. The molecule has 1 N–H and O–H groups in total. The Balaban J connectivity index is 1.43. The standard InChI is InChI=1S/C18H21NO2S/c20-18(19-9-11-22-13-17-6-3-10-21-17)16-8-7-14-4-1-2-5-15(14)12-16/h3,6-8,10,12H,1-2,4-5,9,11,13H2,(H,19,20). The van der Waals surface area contributed by atoms with E-state index in [1.807, 2.05) is 18.2 Å². The molecule has 1 aliphatic carbocycles. The molecule has 0 spiro atoms. The molecule has 1 aromatic heterocycles. The van der Waals surface area contributed by atoms with Gasteiger partial charge >= 0.3 is 0 Å². The second kappa shape index (κ2) is 7.54. The number of hydrogen-bond donors (Lipinski definition) is 1. The van der Waals surface area contributed by atoms with E-state index >= 15 is 0 Å². The lowest BCUT2D eigenvalue weighted by Crippen LogP contribution is -2.26. The minimum Gasteiger partial charge on any atom is -0.468 e. The zero-order valence-electron chi connectivity index (χ0n) is 12.6. The average molecular weight is 315 g/mol. The summed E-state index contributed by atoms with van der Waals surface area (Å²) in [5.41, 5.74) is 3.56. The summed E-state index contributed by atoms with van der Waals surface area (Å²) in [5, 5.41) is 3.00. The summed E-state index contributed by atoms with van der Waals surface area (Å²) in [5.74, 6) is 2.75. The summed E-state index contributed by atoms with van der Waals surface area (Å²) in [4.78, 5) is 12.2. The second-order valence-corrected chi connectivity index (χ2v) is 6.68. The average Bonchev–Trinajstić information content (AvgIpc) is 3.07. The maximum absolute atomic E-state index is 12.2. The van der Waals surface area contributed by atoms with Gasteiger partial charge in [0.05, 0.1) is 12.0 Å². The van der Waals surface area contributed by atoms with Crippen molar-refractivity contribution >= 4 is 17.7 Å². The van der Waals surface area contributed by atoms with E-state index in [9.17, 15) is 4.79 Å². The van der Waals surface area contributed by atoms with Crippen LogP contribution in [0.4, 0.5) is 0 Å². The first-order valence-electron chi connectivity index (χ1n) is 7.83. The highest BCUT2D eigenvalue weighted by Gasteiger charge is 2.12. The fraction of sp³-hybridized carbons (Fsp3) is 0.389. The van der Waals surface area contributed by atoms with Crippen molar-refractivity contribution in [3.8, 4) is 0 Å². The molecule has 116 valence electrons. The third kappa shape index (κ3) is 3.95. The van der Waals surface area contributed by atoms with Crippen LogP contribution in [-0.4, -0.2) is 18.2 Å². The lowest BCUT2D eigenvalue weighted by Gasteiger charge is -2.16. The van der Waals surface area contributed by atoms with E-state index in [1.165, 1.54) is 24.0 Å². The Morgan fingerprint density at radius 1 is 1.18 bits per heavy atom. The van der Waals surface area contributed by atoms with E-state index in [4.69, 9.17) is 4.42 Å². The molecule has 3 rings (SSSR count). The fourth-order valence-corrected chi connectivity index (χ4v) is 3.54. The van der Waals surface area contributed by atoms with E-state index < -0.39 is 0 Å². The third-order valence-corrected chi connectivity index (χ3v) is 4.95. The maximum atomic E-state index is 12.2. The quantitative estimate of drug-likeness (QED) is 0.824. The smallest absolute Gasteiger partial charge is 0.251 e. The van der Waals surface area contributed by atoms with Gasteiger partial charge in [-0.2, -0.15) is 11.8 Å². The zero-order chi connectivity index (χ0) is 15.2. The summed E-state index contributed by atoms with van der Waals surface area (Å²) in [6.45, 7) is 0.682. The number of nitrogens with one attached hydrogen (secondary N) is 1. The van der Waals surface area contributed by atoms with Gasteiger partial charge in [-0.15, -0.1) is 0 Å². The number of thioether (sulfide) groups is 1. The van der Waals surface area contributed by atoms with Gasteiger partial charge in [0.1, 0.15) is 5.76 Å². The van der Waals surface area contributed by atoms with Crippen LogP contribution in [0.5, 0.6) is 0 Å². The number of rotatable bonds is 6. The number of carbonyl (C=O) groups is 1. The van der Waals surface area contributed by atoms with Crippen molar-refractivity contribution < 1.29 is 9.21 Å². The van der Waals surface area contributed by atoms with E-state index in [1.54, 1.807) is 18.0 Å². The van der Waals surface area contributed by atoms with Gasteiger partial charge in [0.15, 0.2) is 0 Å². The lowest BCUT2D eigenvalue weighted by atomic mass is 9.90. The summed E-state index contributed by atoms with van der Waals surface area (Å²) < 4.78 is 5.28. The highest BCUT2D eigenvalue weighted by Crippen LogP contribution is 2.22. The van der Waals surface area contributed by atoms with Crippen LogP contribution in [0.25, 0.3) is 0 Å². The summed E-state index contributed by atoms with van der Waals surface area (Å²) in [6, 6.07) is 10.0. The van der Waals surface area contributed by atoms with Crippen molar-refractivity contribution in [3.05, 3.63) is 59.0 Å². The number of amides is 1. The van der Waals surface area contributed by atoms with Crippen molar-refractivity contribution in [1.82, 2.24) is 5.32 Å². The first kappa shape index (κ1) is 15.2. The molecule has 0 unspecified atom stereocenters. The Labute approximate surface area is 135 Å². The molecule has 1 amide bonds. The molecule has 4 heteroatoms. The molecular weight excluding hydrogens is 294 g/mol. The molecule has 22 heavy (non-hydrogen) atoms. The molecule has 0 atom stereocenters. The number of furan rings is 1. The van der Waals surface area contributed by atoms with Gasteiger partial charge in [-0.05, 0) is 61.1 Å². The van der Waals surface area contributed by atoms with Gasteiger partial charge in [-0.1, -0.05) is 6.07 Å². The molecule has 0 saturated carbocycles. The molecule has 3 nitrogen and oxygen atoms in total. The summed E-state index contributed by atoms with van der Waals surface area (Å²) in [7, 11) is 0. The number of benzene rings is 1. The maximum Gasteiger partial charge on any atom is 0.251 e. The molecule has 1 heterocycles. The minimum absolute atomic E-state index is 0.0342. The summed E-state index contributed by atoms with van der Waals surface area (Å²) >= 11 is 1.76. The molecule has 0 saturated heterocycles. The van der Waals surface area contributed by atoms with Crippen molar-refractivity contribution in [1.29, 1.82) is 0 Å². The Bertz CT molecular complexity index is 622. The topological polar surface area (TPSA) is 42.2 Å². The van der Waals surface area contributed by atoms with Crippen LogP contribution in [0, 0.1) is 0 Å². The Morgan fingerprint density at radius 2 is 2.05 bits per heavy atom. The van der Waals surface area contributed by atoms with E-state index in [2.05, 4.69) is 17.4 Å². The Hall–Kier alpha value is -1.68. The van der Waals surface area contributed by atoms with Crippen molar-refractivity contribution in [3.63, 3.8) is 0 Å². The Morgan fingerprint density at radius 3 is 2.86 bits per heavy atom. The van der Waals surface area contributed by atoms with Crippen LogP contribution in [0.2, 0.25) is 0 Å². The third-order valence-electron chi connectivity index (χ3n) is 3.97. The number of fused-ring (bicyclic) bond motifs is 1. The molecule has 0 bridgehead atoms. The Kier molecular flexibility index (Phi) is 5.22. The van der Waals surface area contributed by atoms with Gasteiger partial charge in [-0.25, -0.2) is 0 Å². The van der Waals surface area contributed by atoms with Gasteiger partial charge in [0, 0.05) is 17.9 Å². The second-order valence-electron chi connectivity index (χ2n) is 5.58. The SMILES string of the molecule is O=C(NCCSCc1ccco1)c1ccc2c(c1)CCCC2. The molecular formula is C18H21NO2S. The van der Waals surface area contributed by atoms with Gasteiger partial charge < -0.3 is 9.73 Å². The van der Waals surface area contributed by atoms with Crippen LogP contribution in [-0.2, 0) is 18.6 Å². The predicted molar refractivity (Wildman–Crippen MR) is 90.3 cm³/mol. The van der Waals surface area contributed by atoms with E-state index in [0.717, 1.165) is 35.7 Å². The van der Waals surface area contributed by atoms with Crippen molar-refractivity contribution in [2.75, 3.05) is 12.3 Å².